The van der Waals surface area contributed by atoms with E-state index in [0.29, 0.717) is 0 Å². The van der Waals surface area contributed by atoms with Crippen LogP contribution in [-0.4, -0.2) is 22.6 Å². The zero-order chi connectivity index (χ0) is 8.27. The molecule has 0 aliphatic carbocycles. The predicted molar refractivity (Wildman–Crippen MR) is 39.1 cm³/mol. The average Bonchev–Trinajstić information content (AvgIpc) is 2.29. The predicted octanol–water partition coefficient (Wildman–Crippen LogP) is 0.0832. The van der Waals surface area contributed by atoms with Gasteiger partial charge in [-0.05, 0) is 11.8 Å². The fourth-order valence-corrected chi connectivity index (χ4v) is 1.09. The van der Waals surface area contributed by atoms with Gasteiger partial charge in [0, 0.05) is 12.2 Å². The molecule has 0 unspecified atom stereocenters. The summed E-state index contributed by atoms with van der Waals surface area (Å²) in [5, 5.41) is 9.92. The molecular formula is C6H4N2O2S. The number of nitrogens with zero attached hydrogens (tertiary/aromatic N) is 2. The Morgan fingerprint density at radius 3 is 2.45 bits per heavy atom. The maximum atomic E-state index is 10.8. The van der Waals surface area contributed by atoms with Gasteiger partial charge in [0.15, 0.2) is 0 Å². The molecule has 0 aromatic heterocycles. The van der Waals surface area contributed by atoms with E-state index in [2.05, 4.69) is 0 Å². The first-order valence-corrected chi connectivity index (χ1v) is 3.78. The van der Waals surface area contributed by atoms with Crippen LogP contribution in [0.5, 0.6) is 0 Å². The Hall–Kier alpha value is -1.28. The summed E-state index contributed by atoms with van der Waals surface area (Å²) in [6, 6.07) is 0. The Morgan fingerprint density at radius 1 is 1.45 bits per heavy atom. The second-order valence-corrected chi connectivity index (χ2v) is 2.53. The number of carbonyl (C=O) groups excluding carboxylic acids is 2. The minimum atomic E-state index is -0.349. The Morgan fingerprint density at radius 2 is 2.00 bits per heavy atom. The lowest BCUT2D eigenvalue weighted by Crippen LogP contribution is -2.29. The van der Waals surface area contributed by atoms with Crippen molar-refractivity contribution in [1.82, 2.24) is 4.90 Å². The first-order valence-electron chi connectivity index (χ1n) is 2.80. The molecule has 0 fully saturated rings. The Kier molecular flexibility index (Phi) is 2.28. The van der Waals surface area contributed by atoms with E-state index < -0.39 is 0 Å². The van der Waals surface area contributed by atoms with Crippen molar-refractivity contribution in [2.24, 2.45) is 0 Å². The molecule has 1 heterocycles. The van der Waals surface area contributed by atoms with Crippen molar-refractivity contribution in [2.45, 2.75) is 0 Å². The second kappa shape index (κ2) is 3.21. The average molecular weight is 168 g/mol. The standard InChI is InChI=1S/C6H4N2O2S/c7-3-11-4-8-5(9)1-2-6(8)10/h1-2H,4H2. The van der Waals surface area contributed by atoms with Crippen LogP contribution in [0.4, 0.5) is 0 Å². The van der Waals surface area contributed by atoms with E-state index in [1.54, 1.807) is 5.40 Å². The molecule has 0 radical (unpaired) electrons. The zero-order valence-electron chi connectivity index (χ0n) is 5.48. The van der Waals surface area contributed by atoms with Crippen molar-refractivity contribution in [1.29, 1.82) is 5.26 Å². The molecular weight excluding hydrogens is 164 g/mol. The Labute approximate surface area is 67.5 Å². The van der Waals surface area contributed by atoms with Gasteiger partial charge in [-0.2, -0.15) is 5.26 Å². The normalized spacial score (nSPS) is 15.7. The molecule has 1 aliphatic heterocycles. The van der Waals surface area contributed by atoms with E-state index >= 15 is 0 Å². The molecule has 56 valence electrons. The first-order chi connectivity index (χ1) is 5.25. The van der Waals surface area contributed by atoms with Gasteiger partial charge in [0.05, 0.1) is 5.88 Å². The maximum Gasteiger partial charge on any atom is 0.254 e. The molecule has 1 rings (SSSR count). The van der Waals surface area contributed by atoms with Crippen LogP contribution in [0.15, 0.2) is 12.2 Å². The highest BCUT2D eigenvalue weighted by Gasteiger charge is 2.22. The summed E-state index contributed by atoms with van der Waals surface area (Å²) in [4.78, 5) is 22.6. The number of amides is 2. The number of rotatable bonds is 2. The quantitative estimate of drug-likeness (QED) is 0.433. The van der Waals surface area contributed by atoms with Crippen LogP contribution in [0.25, 0.3) is 0 Å². The molecule has 5 heteroatoms. The van der Waals surface area contributed by atoms with Crippen LogP contribution in [0.3, 0.4) is 0 Å². The summed E-state index contributed by atoms with van der Waals surface area (Å²) in [5.74, 6) is -0.586. The van der Waals surface area contributed by atoms with Crippen molar-refractivity contribution in [3.05, 3.63) is 12.2 Å². The molecule has 0 bridgehead atoms. The number of imide groups is 1. The van der Waals surface area contributed by atoms with E-state index in [1.807, 2.05) is 0 Å². The van der Waals surface area contributed by atoms with E-state index in [1.165, 1.54) is 12.2 Å². The zero-order valence-corrected chi connectivity index (χ0v) is 6.30. The molecule has 0 aromatic rings. The molecule has 0 spiro atoms. The van der Waals surface area contributed by atoms with E-state index in [4.69, 9.17) is 5.26 Å². The van der Waals surface area contributed by atoms with Gasteiger partial charge < -0.3 is 0 Å². The van der Waals surface area contributed by atoms with Crippen LogP contribution in [-0.2, 0) is 9.59 Å². The van der Waals surface area contributed by atoms with Gasteiger partial charge in [-0.15, -0.1) is 0 Å². The van der Waals surface area contributed by atoms with Gasteiger partial charge in [0.25, 0.3) is 11.8 Å². The number of hydrogen-bond acceptors (Lipinski definition) is 4. The van der Waals surface area contributed by atoms with Crippen LogP contribution in [0, 0.1) is 10.7 Å². The van der Waals surface area contributed by atoms with Crippen molar-refractivity contribution in [3.8, 4) is 5.40 Å². The number of thioether (sulfide) groups is 1. The minimum absolute atomic E-state index is 0.112. The van der Waals surface area contributed by atoms with Gasteiger partial charge in [0.2, 0.25) is 0 Å². The van der Waals surface area contributed by atoms with Gasteiger partial charge in [-0.1, -0.05) is 0 Å². The second-order valence-electron chi connectivity index (χ2n) is 1.80. The van der Waals surface area contributed by atoms with Crippen molar-refractivity contribution in [3.63, 3.8) is 0 Å². The van der Waals surface area contributed by atoms with Crippen LogP contribution in [0.2, 0.25) is 0 Å². The Balaban J connectivity index is 2.54. The molecule has 0 saturated carbocycles. The van der Waals surface area contributed by atoms with Gasteiger partial charge >= 0.3 is 0 Å². The summed E-state index contributed by atoms with van der Waals surface area (Å²) in [7, 11) is 0. The fourth-order valence-electron chi connectivity index (χ4n) is 0.652. The third kappa shape index (κ3) is 1.59. The number of thiocyanates is 1. The molecule has 11 heavy (non-hydrogen) atoms. The summed E-state index contributed by atoms with van der Waals surface area (Å²) in [5.41, 5.74) is 0. The van der Waals surface area contributed by atoms with Gasteiger partial charge in [-0.25, -0.2) is 0 Å². The lowest BCUT2D eigenvalue weighted by molar-refractivity contribution is -0.135. The minimum Gasteiger partial charge on any atom is -0.269 e. The maximum absolute atomic E-state index is 10.8. The van der Waals surface area contributed by atoms with Crippen molar-refractivity contribution >= 4 is 23.6 Å². The summed E-state index contributed by atoms with van der Waals surface area (Å²) in [6.45, 7) is 0. The van der Waals surface area contributed by atoms with Gasteiger partial charge in [0.1, 0.15) is 5.40 Å². The van der Waals surface area contributed by atoms with Crippen molar-refractivity contribution in [2.75, 3.05) is 5.88 Å². The summed E-state index contributed by atoms with van der Waals surface area (Å²) in [6.07, 6.45) is 2.39. The number of hydrogen-bond donors (Lipinski definition) is 0. The highest BCUT2D eigenvalue weighted by Crippen LogP contribution is 2.08. The number of carbonyl (C=O) groups is 2. The molecule has 4 nitrogen and oxygen atoms in total. The Bertz CT molecular complexity index is 248. The number of nitriles is 1. The molecule has 0 aromatic carbocycles. The first kappa shape index (κ1) is 7.82. The summed E-state index contributed by atoms with van der Waals surface area (Å²) < 4.78 is 0. The fraction of sp³-hybridized carbons (Fsp3) is 0.167. The topological polar surface area (TPSA) is 61.2 Å². The highest BCUT2D eigenvalue weighted by atomic mass is 32.2. The van der Waals surface area contributed by atoms with E-state index in [0.717, 1.165) is 16.7 Å². The van der Waals surface area contributed by atoms with Crippen LogP contribution < -0.4 is 0 Å². The molecule has 0 saturated heterocycles. The largest absolute Gasteiger partial charge is 0.269 e. The van der Waals surface area contributed by atoms with Crippen LogP contribution >= 0.6 is 11.8 Å². The molecule has 2 amide bonds. The SMILES string of the molecule is N#CSCN1C(=O)C=CC1=O. The van der Waals surface area contributed by atoms with E-state index in [-0.39, 0.29) is 17.7 Å². The third-order valence-electron chi connectivity index (χ3n) is 1.16. The molecule has 0 N–H and O–H groups in total. The van der Waals surface area contributed by atoms with Crippen molar-refractivity contribution < 1.29 is 9.59 Å². The van der Waals surface area contributed by atoms with Crippen LogP contribution in [0.1, 0.15) is 0 Å². The monoisotopic (exact) mass is 168 g/mol. The molecule has 0 atom stereocenters. The van der Waals surface area contributed by atoms with E-state index in [9.17, 15) is 9.59 Å². The smallest absolute Gasteiger partial charge is 0.254 e. The lowest BCUT2D eigenvalue weighted by atomic mass is 10.6. The lowest BCUT2D eigenvalue weighted by Gasteiger charge is -2.08. The summed E-state index contributed by atoms with van der Waals surface area (Å²) >= 11 is 0.863. The third-order valence-corrected chi connectivity index (χ3v) is 1.68. The van der Waals surface area contributed by atoms with Gasteiger partial charge in [-0.3, -0.25) is 14.5 Å². The molecule has 1 aliphatic rings. The highest BCUT2D eigenvalue weighted by molar-refractivity contribution is 8.03.